The van der Waals surface area contributed by atoms with E-state index in [1.165, 1.54) is 18.1 Å². The molecule has 2 rings (SSSR count). The third-order valence-electron chi connectivity index (χ3n) is 2.94. The molecule has 0 amide bonds. The first kappa shape index (κ1) is 14.7. The molecule has 0 aliphatic rings. The van der Waals surface area contributed by atoms with Crippen molar-refractivity contribution in [3.63, 3.8) is 0 Å². The average Bonchev–Trinajstić information content (AvgIpc) is 2.42. The molecule has 2 nitrogen and oxygen atoms in total. The van der Waals surface area contributed by atoms with Gasteiger partial charge in [-0.3, -0.25) is 4.79 Å². The zero-order valence-corrected chi connectivity index (χ0v) is 12.6. The molecule has 0 aliphatic carbocycles. The van der Waals surface area contributed by atoms with Gasteiger partial charge in [0.2, 0.25) is 0 Å². The summed E-state index contributed by atoms with van der Waals surface area (Å²) in [4.78, 5) is 10.9. The lowest BCUT2D eigenvalue weighted by atomic mass is 10.1. The fourth-order valence-corrected chi connectivity index (χ4v) is 2.99. The van der Waals surface area contributed by atoms with Gasteiger partial charge in [-0.05, 0) is 35.7 Å². The third kappa shape index (κ3) is 4.42. The average molecular weight is 286 g/mol. The number of hydrogen-bond donors (Lipinski definition) is 0. The van der Waals surface area contributed by atoms with Gasteiger partial charge in [-0.15, -0.1) is 0 Å². The number of ether oxygens (including phenoxy) is 1. The number of rotatable bonds is 5. The smallest absolute Gasteiger partial charge is 0.308 e. The second-order valence-corrected chi connectivity index (χ2v) is 5.65. The maximum atomic E-state index is 10.9. The molecule has 0 saturated carbocycles. The van der Waals surface area contributed by atoms with Crippen LogP contribution in [0.5, 0.6) is 5.75 Å². The first-order valence-corrected chi connectivity index (χ1v) is 7.70. The van der Waals surface area contributed by atoms with E-state index in [1.807, 2.05) is 43.0 Å². The van der Waals surface area contributed by atoms with Crippen molar-refractivity contribution in [2.45, 2.75) is 25.4 Å². The molecule has 20 heavy (non-hydrogen) atoms. The number of carbonyl (C=O) groups is 1. The van der Waals surface area contributed by atoms with Crippen LogP contribution in [0.25, 0.3) is 0 Å². The SMILES string of the molecule is CC(=O)Oc1ccc(CSCc2ccccc2)c(C)c1. The van der Waals surface area contributed by atoms with Crippen LogP contribution in [-0.2, 0) is 16.3 Å². The molecular weight excluding hydrogens is 268 g/mol. The molecule has 0 aliphatic heterocycles. The predicted octanol–water partition coefficient (Wildman–Crippen LogP) is 4.35. The zero-order chi connectivity index (χ0) is 14.4. The maximum Gasteiger partial charge on any atom is 0.308 e. The summed E-state index contributed by atoms with van der Waals surface area (Å²) < 4.78 is 5.08. The Labute approximate surface area is 124 Å². The van der Waals surface area contributed by atoms with Crippen LogP contribution in [-0.4, -0.2) is 5.97 Å². The number of thioether (sulfide) groups is 1. The Morgan fingerprint density at radius 3 is 2.50 bits per heavy atom. The molecule has 0 N–H and O–H groups in total. The summed E-state index contributed by atoms with van der Waals surface area (Å²) in [7, 11) is 0. The van der Waals surface area contributed by atoms with E-state index < -0.39 is 0 Å². The zero-order valence-electron chi connectivity index (χ0n) is 11.8. The maximum absolute atomic E-state index is 10.9. The van der Waals surface area contributed by atoms with E-state index in [0.717, 1.165) is 17.1 Å². The first-order chi connectivity index (χ1) is 9.65. The van der Waals surface area contributed by atoms with Crippen LogP contribution in [0.2, 0.25) is 0 Å². The fourth-order valence-electron chi connectivity index (χ4n) is 1.91. The van der Waals surface area contributed by atoms with Crippen molar-refractivity contribution in [3.05, 3.63) is 65.2 Å². The minimum absolute atomic E-state index is 0.282. The van der Waals surface area contributed by atoms with Crippen LogP contribution >= 0.6 is 11.8 Å². The van der Waals surface area contributed by atoms with Gasteiger partial charge in [-0.25, -0.2) is 0 Å². The minimum Gasteiger partial charge on any atom is -0.427 e. The fraction of sp³-hybridized carbons (Fsp3) is 0.235. The number of benzene rings is 2. The second-order valence-electron chi connectivity index (χ2n) is 4.66. The Kier molecular flexibility index (Phi) is 5.24. The highest BCUT2D eigenvalue weighted by molar-refractivity contribution is 7.97. The van der Waals surface area contributed by atoms with Crippen molar-refractivity contribution in [2.24, 2.45) is 0 Å². The molecule has 0 unspecified atom stereocenters. The number of esters is 1. The Balaban J connectivity index is 1.91. The van der Waals surface area contributed by atoms with E-state index in [2.05, 4.69) is 24.3 Å². The topological polar surface area (TPSA) is 26.3 Å². The largest absolute Gasteiger partial charge is 0.427 e. The van der Waals surface area contributed by atoms with Gasteiger partial charge in [0.25, 0.3) is 0 Å². The van der Waals surface area contributed by atoms with Gasteiger partial charge in [0.1, 0.15) is 5.75 Å². The Morgan fingerprint density at radius 1 is 1.10 bits per heavy atom. The lowest BCUT2D eigenvalue weighted by molar-refractivity contribution is -0.131. The molecule has 0 radical (unpaired) electrons. The number of hydrogen-bond acceptors (Lipinski definition) is 3. The Bertz CT molecular complexity index is 579. The quantitative estimate of drug-likeness (QED) is 0.603. The molecule has 0 aromatic heterocycles. The van der Waals surface area contributed by atoms with E-state index >= 15 is 0 Å². The van der Waals surface area contributed by atoms with E-state index in [0.29, 0.717) is 5.75 Å². The van der Waals surface area contributed by atoms with Crippen LogP contribution in [0.4, 0.5) is 0 Å². The van der Waals surface area contributed by atoms with Crippen LogP contribution in [0.15, 0.2) is 48.5 Å². The van der Waals surface area contributed by atoms with Gasteiger partial charge in [0.05, 0.1) is 0 Å². The molecule has 0 bridgehead atoms. The summed E-state index contributed by atoms with van der Waals surface area (Å²) in [5, 5.41) is 0. The van der Waals surface area contributed by atoms with Gasteiger partial charge in [-0.2, -0.15) is 11.8 Å². The second kappa shape index (κ2) is 7.15. The lowest BCUT2D eigenvalue weighted by Gasteiger charge is -2.08. The summed E-state index contributed by atoms with van der Waals surface area (Å²) in [6.45, 7) is 3.46. The van der Waals surface area contributed by atoms with Crippen LogP contribution < -0.4 is 4.74 Å². The summed E-state index contributed by atoms with van der Waals surface area (Å²) in [5.41, 5.74) is 3.78. The van der Waals surface area contributed by atoms with Gasteiger partial charge >= 0.3 is 5.97 Å². The van der Waals surface area contributed by atoms with Crippen LogP contribution in [0, 0.1) is 6.92 Å². The third-order valence-corrected chi connectivity index (χ3v) is 4.00. The summed E-state index contributed by atoms with van der Waals surface area (Å²) in [6.07, 6.45) is 0. The summed E-state index contributed by atoms with van der Waals surface area (Å²) in [6, 6.07) is 16.3. The standard InChI is InChI=1S/C17H18O2S/c1-13-10-17(19-14(2)18)9-8-16(13)12-20-11-15-6-4-3-5-7-15/h3-10H,11-12H2,1-2H3. The van der Waals surface area contributed by atoms with Gasteiger partial charge < -0.3 is 4.74 Å². The van der Waals surface area contributed by atoms with Crippen LogP contribution in [0.3, 0.4) is 0 Å². The van der Waals surface area contributed by atoms with Crippen molar-refractivity contribution in [2.75, 3.05) is 0 Å². The number of carbonyl (C=O) groups excluding carboxylic acids is 1. The molecule has 2 aromatic rings. The van der Waals surface area contributed by atoms with Crippen molar-refractivity contribution in [1.82, 2.24) is 0 Å². The minimum atomic E-state index is -0.282. The molecule has 0 heterocycles. The molecule has 0 spiro atoms. The van der Waals surface area contributed by atoms with Crippen molar-refractivity contribution < 1.29 is 9.53 Å². The monoisotopic (exact) mass is 286 g/mol. The molecule has 0 saturated heterocycles. The van der Waals surface area contributed by atoms with Gasteiger partial charge in [0, 0.05) is 18.4 Å². The van der Waals surface area contributed by atoms with Crippen LogP contribution in [0.1, 0.15) is 23.6 Å². The van der Waals surface area contributed by atoms with Crippen molar-refractivity contribution in [1.29, 1.82) is 0 Å². The number of aryl methyl sites for hydroxylation is 1. The Morgan fingerprint density at radius 2 is 1.85 bits per heavy atom. The van der Waals surface area contributed by atoms with Crippen molar-refractivity contribution in [3.8, 4) is 5.75 Å². The molecular formula is C17H18O2S. The highest BCUT2D eigenvalue weighted by Gasteiger charge is 2.03. The van der Waals surface area contributed by atoms with Crippen molar-refractivity contribution >= 4 is 17.7 Å². The molecule has 104 valence electrons. The summed E-state index contributed by atoms with van der Waals surface area (Å²) >= 11 is 1.89. The molecule has 0 fully saturated rings. The van der Waals surface area contributed by atoms with E-state index in [1.54, 1.807) is 0 Å². The highest BCUT2D eigenvalue weighted by atomic mass is 32.2. The molecule has 0 atom stereocenters. The Hall–Kier alpha value is -1.74. The lowest BCUT2D eigenvalue weighted by Crippen LogP contribution is -2.01. The van der Waals surface area contributed by atoms with E-state index in [4.69, 9.17) is 4.74 Å². The highest BCUT2D eigenvalue weighted by Crippen LogP contribution is 2.23. The van der Waals surface area contributed by atoms with Gasteiger partial charge in [0.15, 0.2) is 0 Å². The molecule has 3 heteroatoms. The van der Waals surface area contributed by atoms with Gasteiger partial charge in [-0.1, -0.05) is 36.4 Å². The first-order valence-electron chi connectivity index (χ1n) is 6.55. The predicted molar refractivity (Wildman–Crippen MR) is 83.9 cm³/mol. The molecule has 2 aromatic carbocycles. The van der Waals surface area contributed by atoms with E-state index in [-0.39, 0.29) is 5.97 Å². The normalized spacial score (nSPS) is 10.3. The summed E-state index contributed by atoms with van der Waals surface area (Å²) in [5.74, 6) is 2.30. The van der Waals surface area contributed by atoms with E-state index in [9.17, 15) is 4.79 Å².